The third kappa shape index (κ3) is 3.77. The number of hydrogen-bond acceptors (Lipinski definition) is 4. The molecule has 0 radical (unpaired) electrons. The molecule has 5 nitrogen and oxygen atoms in total. The second kappa shape index (κ2) is 7.74. The molecule has 1 heterocycles. The van der Waals surface area contributed by atoms with Gasteiger partial charge in [0, 0.05) is 17.4 Å². The molecule has 0 aliphatic heterocycles. The van der Waals surface area contributed by atoms with Gasteiger partial charge >= 0.3 is 0 Å². The molecule has 1 aliphatic rings. The van der Waals surface area contributed by atoms with Gasteiger partial charge in [0.2, 0.25) is 0 Å². The van der Waals surface area contributed by atoms with E-state index in [0.29, 0.717) is 23.8 Å². The summed E-state index contributed by atoms with van der Waals surface area (Å²) in [4.78, 5) is 12.3. The maximum Gasteiger partial charge on any atom is 0.262 e. The molecule has 0 bridgehead atoms. The van der Waals surface area contributed by atoms with Crippen LogP contribution in [0.3, 0.4) is 0 Å². The minimum absolute atomic E-state index is 0.0635. The van der Waals surface area contributed by atoms with Gasteiger partial charge in [-0.1, -0.05) is 12.1 Å². The predicted molar refractivity (Wildman–Crippen MR) is 105 cm³/mol. The predicted octanol–water partition coefficient (Wildman–Crippen LogP) is 4.73. The number of hydrogen-bond donors (Lipinski definition) is 1. The Morgan fingerprint density at radius 3 is 2.85 bits per heavy atom. The monoisotopic (exact) mass is 365 g/mol. The summed E-state index contributed by atoms with van der Waals surface area (Å²) in [6, 6.07) is 13.1. The fourth-order valence-electron chi connectivity index (χ4n) is 3.52. The Kier molecular flexibility index (Phi) is 5.01. The zero-order valence-electron chi connectivity index (χ0n) is 15.4. The number of furan rings is 1. The topological polar surface area (TPSA) is 60.7 Å². The molecule has 27 heavy (non-hydrogen) atoms. The summed E-state index contributed by atoms with van der Waals surface area (Å²) < 4.78 is 17.2. The fraction of sp³-hybridized carbons (Fsp3) is 0.318. The lowest BCUT2D eigenvalue weighted by Crippen LogP contribution is -2.20. The maximum absolute atomic E-state index is 12.3. The molecule has 1 aromatic heterocycles. The van der Waals surface area contributed by atoms with Crippen LogP contribution in [0.25, 0.3) is 11.0 Å². The normalized spacial score (nSPS) is 13.2. The van der Waals surface area contributed by atoms with Gasteiger partial charge in [-0.15, -0.1) is 0 Å². The van der Waals surface area contributed by atoms with Crippen molar-refractivity contribution in [1.29, 1.82) is 0 Å². The molecule has 1 amide bonds. The van der Waals surface area contributed by atoms with Gasteiger partial charge in [0.1, 0.15) is 22.8 Å². The van der Waals surface area contributed by atoms with Crippen LogP contribution >= 0.6 is 0 Å². The molecule has 4 rings (SSSR count). The van der Waals surface area contributed by atoms with Crippen molar-refractivity contribution in [1.82, 2.24) is 0 Å². The van der Waals surface area contributed by atoms with Crippen molar-refractivity contribution in [3.8, 4) is 11.5 Å². The number of fused-ring (bicyclic) bond motifs is 3. The molecule has 0 atom stereocenters. The third-order valence-electron chi connectivity index (χ3n) is 4.76. The average Bonchev–Trinajstić information content (AvgIpc) is 3.06. The average molecular weight is 365 g/mol. The molecule has 0 spiro atoms. The molecule has 1 N–H and O–H groups in total. The van der Waals surface area contributed by atoms with Crippen LogP contribution in [0.5, 0.6) is 11.5 Å². The summed E-state index contributed by atoms with van der Waals surface area (Å²) in [7, 11) is 0. The van der Waals surface area contributed by atoms with Gasteiger partial charge in [-0.2, -0.15) is 0 Å². The second-order valence-corrected chi connectivity index (χ2v) is 6.63. The molecule has 0 saturated heterocycles. The Labute approximate surface area is 158 Å². The van der Waals surface area contributed by atoms with E-state index >= 15 is 0 Å². The van der Waals surface area contributed by atoms with Crippen molar-refractivity contribution < 1.29 is 18.7 Å². The third-order valence-corrected chi connectivity index (χ3v) is 4.76. The first-order valence-corrected chi connectivity index (χ1v) is 9.43. The van der Waals surface area contributed by atoms with Crippen LogP contribution in [-0.4, -0.2) is 19.1 Å². The van der Waals surface area contributed by atoms with Gasteiger partial charge in [-0.05, 0) is 56.5 Å². The number of para-hydroxylation sites is 2. The lowest BCUT2D eigenvalue weighted by atomic mass is 9.96. The number of anilines is 1. The van der Waals surface area contributed by atoms with Crippen molar-refractivity contribution in [2.45, 2.75) is 32.6 Å². The van der Waals surface area contributed by atoms with Gasteiger partial charge in [0.05, 0.1) is 12.3 Å². The van der Waals surface area contributed by atoms with E-state index in [0.717, 1.165) is 29.6 Å². The van der Waals surface area contributed by atoms with Gasteiger partial charge in [0.25, 0.3) is 5.91 Å². The van der Waals surface area contributed by atoms with E-state index < -0.39 is 0 Å². The summed E-state index contributed by atoms with van der Waals surface area (Å²) in [5.41, 5.74) is 2.83. The van der Waals surface area contributed by atoms with Crippen molar-refractivity contribution in [2.75, 3.05) is 18.5 Å². The first-order chi connectivity index (χ1) is 13.2. The highest BCUT2D eigenvalue weighted by atomic mass is 16.5. The summed E-state index contributed by atoms with van der Waals surface area (Å²) in [5.74, 6) is 2.19. The number of ether oxygens (including phenoxy) is 2. The first-order valence-electron chi connectivity index (χ1n) is 9.43. The first kappa shape index (κ1) is 17.5. The van der Waals surface area contributed by atoms with Crippen molar-refractivity contribution in [3.63, 3.8) is 0 Å². The SMILES string of the molecule is CCOc1ccccc1NC(=O)COc1ccc2oc3c(c2c1)CCCC3. The summed E-state index contributed by atoms with van der Waals surface area (Å²) >= 11 is 0. The molecule has 3 aromatic rings. The lowest BCUT2D eigenvalue weighted by molar-refractivity contribution is -0.118. The zero-order valence-corrected chi connectivity index (χ0v) is 15.4. The van der Waals surface area contributed by atoms with Crippen molar-refractivity contribution in [3.05, 3.63) is 53.8 Å². The smallest absolute Gasteiger partial charge is 0.262 e. The maximum atomic E-state index is 12.3. The van der Waals surface area contributed by atoms with E-state index in [4.69, 9.17) is 13.9 Å². The number of carbonyl (C=O) groups excluding carboxylic acids is 1. The number of carbonyl (C=O) groups is 1. The van der Waals surface area contributed by atoms with Crippen LogP contribution in [0.2, 0.25) is 0 Å². The molecular weight excluding hydrogens is 342 g/mol. The van der Waals surface area contributed by atoms with Crippen LogP contribution in [0, 0.1) is 0 Å². The minimum Gasteiger partial charge on any atom is -0.492 e. The summed E-state index contributed by atoms with van der Waals surface area (Å²) in [5, 5.41) is 3.94. The Morgan fingerprint density at radius 1 is 1.11 bits per heavy atom. The largest absolute Gasteiger partial charge is 0.492 e. The molecule has 0 saturated carbocycles. The highest BCUT2D eigenvalue weighted by Gasteiger charge is 2.18. The standard InChI is InChI=1S/C22H23NO4/c1-2-25-21-10-6-4-8-18(21)23-22(24)14-26-15-11-12-20-17(13-15)16-7-3-5-9-19(16)27-20/h4,6,8,10-13H,2-3,5,7,9,14H2,1H3,(H,23,24). The van der Waals surface area contributed by atoms with E-state index in [2.05, 4.69) is 5.32 Å². The number of benzene rings is 2. The number of aryl methyl sites for hydroxylation is 2. The Bertz CT molecular complexity index is 960. The molecule has 0 unspecified atom stereocenters. The van der Waals surface area contributed by atoms with Crippen LogP contribution in [0.15, 0.2) is 46.9 Å². The van der Waals surface area contributed by atoms with Crippen LogP contribution < -0.4 is 14.8 Å². The van der Waals surface area contributed by atoms with Crippen LogP contribution in [-0.2, 0) is 17.6 Å². The van der Waals surface area contributed by atoms with E-state index in [1.807, 2.05) is 49.4 Å². The minimum atomic E-state index is -0.225. The second-order valence-electron chi connectivity index (χ2n) is 6.63. The quantitative estimate of drug-likeness (QED) is 0.686. The van der Waals surface area contributed by atoms with Crippen molar-refractivity contribution in [2.24, 2.45) is 0 Å². The summed E-state index contributed by atoms with van der Waals surface area (Å²) in [6.45, 7) is 2.39. The van der Waals surface area contributed by atoms with Gasteiger partial charge in [-0.3, -0.25) is 4.79 Å². The Balaban J connectivity index is 1.43. The highest BCUT2D eigenvalue weighted by molar-refractivity contribution is 5.93. The number of amides is 1. The van der Waals surface area contributed by atoms with Crippen LogP contribution in [0.1, 0.15) is 31.1 Å². The van der Waals surface area contributed by atoms with E-state index in [9.17, 15) is 4.79 Å². The van der Waals surface area contributed by atoms with E-state index in [1.165, 1.54) is 18.4 Å². The zero-order chi connectivity index (χ0) is 18.6. The molecule has 140 valence electrons. The van der Waals surface area contributed by atoms with Gasteiger partial charge < -0.3 is 19.2 Å². The number of rotatable bonds is 6. The molecule has 2 aromatic carbocycles. The molecule has 0 fully saturated rings. The fourth-order valence-corrected chi connectivity index (χ4v) is 3.52. The van der Waals surface area contributed by atoms with E-state index in [-0.39, 0.29) is 12.5 Å². The Hall–Kier alpha value is -2.95. The Morgan fingerprint density at radius 2 is 1.96 bits per heavy atom. The van der Waals surface area contributed by atoms with Gasteiger partial charge in [0.15, 0.2) is 6.61 Å². The molecular formula is C22H23NO4. The molecule has 1 aliphatic carbocycles. The van der Waals surface area contributed by atoms with Gasteiger partial charge in [-0.25, -0.2) is 0 Å². The van der Waals surface area contributed by atoms with Crippen LogP contribution in [0.4, 0.5) is 5.69 Å². The summed E-state index contributed by atoms with van der Waals surface area (Å²) in [6.07, 6.45) is 4.41. The van der Waals surface area contributed by atoms with Crippen molar-refractivity contribution >= 4 is 22.6 Å². The lowest BCUT2D eigenvalue weighted by Gasteiger charge is -2.12. The highest BCUT2D eigenvalue weighted by Crippen LogP contribution is 2.34. The molecule has 5 heteroatoms. The van der Waals surface area contributed by atoms with E-state index in [1.54, 1.807) is 0 Å². The number of nitrogens with one attached hydrogen (secondary N) is 1.